The van der Waals surface area contributed by atoms with Crippen molar-refractivity contribution in [1.29, 1.82) is 0 Å². The van der Waals surface area contributed by atoms with Gasteiger partial charge in [0.2, 0.25) is 5.91 Å². The molecule has 0 aromatic carbocycles. The minimum atomic E-state index is -0.167. The first-order chi connectivity index (χ1) is 12.3. The molecule has 2 aromatic heterocycles. The summed E-state index contributed by atoms with van der Waals surface area (Å²) in [6.07, 6.45) is 1.92. The fourth-order valence-corrected chi connectivity index (χ4v) is 3.11. The van der Waals surface area contributed by atoms with E-state index in [0.29, 0.717) is 6.54 Å². The lowest BCUT2D eigenvalue weighted by Crippen LogP contribution is -2.44. The Morgan fingerprint density at radius 1 is 1.27 bits per heavy atom. The molecule has 26 heavy (non-hydrogen) atoms. The van der Waals surface area contributed by atoms with Crippen molar-refractivity contribution in [3.63, 3.8) is 0 Å². The van der Waals surface area contributed by atoms with Gasteiger partial charge in [-0.05, 0) is 38.7 Å². The third kappa shape index (κ3) is 3.71. The molecule has 1 amide bonds. The Morgan fingerprint density at radius 2 is 1.96 bits per heavy atom. The van der Waals surface area contributed by atoms with Crippen LogP contribution in [0.15, 0.2) is 16.9 Å². The Bertz CT molecular complexity index is 877. The van der Waals surface area contributed by atoms with E-state index in [2.05, 4.69) is 15.5 Å². The molecule has 0 bridgehead atoms. The van der Waals surface area contributed by atoms with E-state index < -0.39 is 0 Å². The van der Waals surface area contributed by atoms with Gasteiger partial charge >= 0.3 is 0 Å². The van der Waals surface area contributed by atoms with Gasteiger partial charge in [-0.1, -0.05) is 13.8 Å². The highest BCUT2D eigenvalue weighted by atomic mass is 16.2. The van der Waals surface area contributed by atoms with Crippen LogP contribution in [0.4, 0.5) is 0 Å². The average Bonchev–Trinajstić information content (AvgIpc) is 3.38. The van der Waals surface area contributed by atoms with Crippen molar-refractivity contribution in [2.24, 2.45) is 18.9 Å². The standard InChI is InChI=1S/C19H27N5O2/c1-11(2)16(20-19(26)14-6-7-14)10-24-17(25)9-8-15(22-24)18-12(3)21-23(5)13(18)4/h8-9,11,14,16H,6-7,10H2,1-5H3,(H,20,26)/t16-/m0/s1. The number of rotatable bonds is 6. The lowest BCUT2D eigenvalue weighted by atomic mass is 10.0. The molecule has 3 rings (SSSR count). The number of carbonyl (C=O) groups is 1. The Hall–Kier alpha value is -2.44. The van der Waals surface area contributed by atoms with Crippen molar-refractivity contribution in [2.45, 2.75) is 53.1 Å². The fourth-order valence-electron chi connectivity index (χ4n) is 3.11. The minimum Gasteiger partial charge on any atom is -0.351 e. The smallest absolute Gasteiger partial charge is 0.266 e. The topological polar surface area (TPSA) is 81.8 Å². The van der Waals surface area contributed by atoms with Gasteiger partial charge < -0.3 is 5.32 Å². The van der Waals surface area contributed by atoms with Gasteiger partial charge in [0.25, 0.3) is 5.56 Å². The Balaban J connectivity index is 1.89. The molecule has 2 heterocycles. The number of carbonyl (C=O) groups excluding carboxylic acids is 1. The van der Waals surface area contributed by atoms with Crippen molar-refractivity contribution >= 4 is 5.91 Å². The van der Waals surface area contributed by atoms with E-state index in [-0.39, 0.29) is 29.3 Å². The van der Waals surface area contributed by atoms with Crippen molar-refractivity contribution in [2.75, 3.05) is 0 Å². The third-order valence-corrected chi connectivity index (χ3v) is 5.08. The molecule has 0 spiro atoms. The summed E-state index contributed by atoms with van der Waals surface area (Å²) < 4.78 is 3.27. The zero-order valence-corrected chi connectivity index (χ0v) is 16.1. The van der Waals surface area contributed by atoms with Crippen LogP contribution in [0.25, 0.3) is 11.3 Å². The van der Waals surface area contributed by atoms with Crippen LogP contribution in [-0.2, 0) is 18.4 Å². The summed E-state index contributed by atoms with van der Waals surface area (Å²) in [7, 11) is 1.89. The second kappa shape index (κ2) is 7.05. The molecule has 1 N–H and O–H groups in total. The zero-order chi connectivity index (χ0) is 19.0. The number of nitrogens with zero attached hydrogens (tertiary/aromatic N) is 4. The van der Waals surface area contributed by atoms with Crippen LogP contribution < -0.4 is 10.9 Å². The number of aromatic nitrogens is 4. The summed E-state index contributed by atoms with van der Waals surface area (Å²) in [6, 6.07) is 3.15. The highest BCUT2D eigenvalue weighted by Gasteiger charge is 2.31. The first-order valence-corrected chi connectivity index (χ1v) is 9.17. The van der Waals surface area contributed by atoms with Crippen LogP contribution in [0.3, 0.4) is 0 Å². The molecule has 0 unspecified atom stereocenters. The summed E-state index contributed by atoms with van der Waals surface area (Å²) in [6.45, 7) is 8.37. The Labute approximate surface area is 153 Å². The molecule has 140 valence electrons. The molecule has 1 fully saturated rings. The maximum atomic E-state index is 12.3. The number of hydrogen-bond acceptors (Lipinski definition) is 4. The van der Waals surface area contributed by atoms with Crippen molar-refractivity contribution in [1.82, 2.24) is 24.9 Å². The minimum absolute atomic E-state index is 0.0897. The SMILES string of the molecule is Cc1nn(C)c(C)c1-c1ccc(=O)n(C[C@H](NC(=O)C2CC2)C(C)C)n1. The average molecular weight is 357 g/mol. The third-order valence-electron chi connectivity index (χ3n) is 5.08. The molecule has 0 saturated heterocycles. The predicted octanol–water partition coefficient (Wildman–Crippen LogP) is 1.81. The van der Waals surface area contributed by atoms with Gasteiger partial charge in [0.05, 0.1) is 24.0 Å². The van der Waals surface area contributed by atoms with Crippen LogP contribution >= 0.6 is 0 Å². The van der Waals surface area contributed by atoms with E-state index in [1.807, 2.05) is 39.4 Å². The molecule has 2 aromatic rings. The van der Waals surface area contributed by atoms with E-state index in [1.165, 1.54) is 10.7 Å². The fraction of sp³-hybridized carbons (Fsp3) is 0.579. The number of amides is 1. The quantitative estimate of drug-likeness (QED) is 0.855. The molecular weight excluding hydrogens is 330 g/mol. The van der Waals surface area contributed by atoms with Gasteiger partial charge in [0, 0.05) is 30.3 Å². The second-order valence-corrected chi connectivity index (χ2v) is 7.54. The highest BCUT2D eigenvalue weighted by molar-refractivity contribution is 5.81. The number of nitrogens with one attached hydrogen (secondary N) is 1. The first kappa shape index (κ1) is 18.4. The monoisotopic (exact) mass is 357 g/mol. The maximum Gasteiger partial charge on any atom is 0.266 e. The van der Waals surface area contributed by atoms with E-state index >= 15 is 0 Å². The Kier molecular flexibility index (Phi) is 4.98. The highest BCUT2D eigenvalue weighted by Crippen LogP contribution is 2.29. The molecule has 1 saturated carbocycles. The lowest BCUT2D eigenvalue weighted by molar-refractivity contribution is -0.123. The van der Waals surface area contributed by atoms with Gasteiger partial charge in [-0.3, -0.25) is 14.3 Å². The van der Waals surface area contributed by atoms with Gasteiger partial charge in [0.1, 0.15) is 0 Å². The molecule has 7 nitrogen and oxygen atoms in total. The van der Waals surface area contributed by atoms with Crippen molar-refractivity contribution < 1.29 is 4.79 Å². The van der Waals surface area contributed by atoms with E-state index in [0.717, 1.165) is 35.5 Å². The first-order valence-electron chi connectivity index (χ1n) is 9.17. The molecule has 1 atom stereocenters. The Morgan fingerprint density at radius 3 is 2.50 bits per heavy atom. The van der Waals surface area contributed by atoms with E-state index in [4.69, 9.17) is 0 Å². The van der Waals surface area contributed by atoms with Crippen LogP contribution in [-0.4, -0.2) is 31.5 Å². The zero-order valence-electron chi connectivity index (χ0n) is 16.1. The number of aryl methyl sites for hydroxylation is 2. The molecular formula is C19H27N5O2. The van der Waals surface area contributed by atoms with Crippen LogP contribution in [0, 0.1) is 25.7 Å². The largest absolute Gasteiger partial charge is 0.351 e. The van der Waals surface area contributed by atoms with Crippen LogP contribution in [0.2, 0.25) is 0 Å². The lowest BCUT2D eigenvalue weighted by Gasteiger charge is -2.23. The maximum absolute atomic E-state index is 12.3. The van der Waals surface area contributed by atoms with Gasteiger partial charge in [-0.2, -0.15) is 10.2 Å². The predicted molar refractivity (Wildman–Crippen MR) is 99.7 cm³/mol. The summed E-state index contributed by atoms with van der Waals surface area (Å²) in [5, 5.41) is 12.1. The molecule has 0 aliphatic heterocycles. The summed E-state index contributed by atoms with van der Waals surface area (Å²) in [4.78, 5) is 24.5. The second-order valence-electron chi connectivity index (χ2n) is 7.54. The van der Waals surface area contributed by atoms with Crippen LogP contribution in [0.5, 0.6) is 0 Å². The molecule has 7 heteroatoms. The van der Waals surface area contributed by atoms with Gasteiger partial charge in [-0.25, -0.2) is 4.68 Å². The molecule has 1 aliphatic carbocycles. The van der Waals surface area contributed by atoms with E-state index in [9.17, 15) is 9.59 Å². The van der Waals surface area contributed by atoms with Crippen molar-refractivity contribution in [3.05, 3.63) is 33.9 Å². The normalized spacial score (nSPS) is 15.3. The summed E-state index contributed by atoms with van der Waals surface area (Å²) in [5.41, 5.74) is 3.39. The number of hydrogen-bond donors (Lipinski definition) is 1. The van der Waals surface area contributed by atoms with Gasteiger partial charge in [0.15, 0.2) is 0 Å². The van der Waals surface area contributed by atoms with E-state index in [1.54, 1.807) is 6.07 Å². The van der Waals surface area contributed by atoms with Gasteiger partial charge in [-0.15, -0.1) is 0 Å². The molecule has 1 aliphatic rings. The van der Waals surface area contributed by atoms with Crippen molar-refractivity contribution in [3.8, 4) is 11.3 Å². The summed E-state index contributed by atoms with van der Waals surface area (Å²) >= 11 is 0. The summed E-state index contributed by atoms with van der Waals surface area (Å²) in [5.74, 6) is 0.441. The molecule has 0 radical (unpaired) electrons. The van der Waals surface area contributed by atoms with Crippen LogP contribution in [0.1, 0.15) is 38.1 Å².